The van der Waals surface area contributed by atoms with Gasteiger partial charge in [0.05, 0.1) is 44.0 Å². The zero-order chi connectivity index (χ0) is 25.8. The van der Waals surface area contributed by atoms with Gasteiger partial charge in [0.2, 0.25) is 0 Å². The second-order valence-electron chi connectivity index (χ2n) is 8.09. The van der Waals surface area contributed by atoms with Crippen molar-refractivity contribution in [1.82, 2.24) is 4.90 Å². The highest BCUT2D eigenvalue weighted by Crippen LogP contribution is 2.42. The number of carbonyl (C=O) groups is 2. The van der Waals surface area contributed by atoms with Crippen molar-refractivity contribution in [3.63, 3.8) is 0 Å². The van der Waals surface area contributed by atoms with E-state index in [2.05, 4.69) is 0 Å². The SMILES string of the molecule is CCOc1ccc(C2/C(=C(/O)c3ccc(Cl)c(OC)c3)C(=O)C(=O)N2Cc2ccccc2OC)cc1. The first-order chi connectivity index (χ1) is 17.4. The number of nitrogens with zero attached hydrogens (tertiary/aromatic N) is 1. The fourth-order valence-electron chi connectivity index (χ4n) is 4.28. The number of halogens is 1. The van der Waals surface area contributed by atoms with Gasteiger partial charge < -0.3 is 24.2 Å². The maximum Gasteiger partial charge on any atom is 0.295 e. The third kappa shape index (κ3) is 4.75. The first kappa shape index (κ1) is 25.1. The lowest BCUT2D eigenvalue weighted by molar-refractivity contribution is -0.140. The van der Waals surface area contributed by atoms with Gasteiger partial charge >= 0.3 is 0 Å². The number of aliphatic hydroxyl groups excluding tert-OH is 1. The summed E-state index contributed by atoms with van der Waals surface area (Å²) in [4.78, 5) is 28.1. The number of ketones is 1. The number of likely N-dealkylation sites (tertiary alicyclic amines) is 1. The van der Waals surface area contributed by atoms with Crippen LogP contribution < -0.4 is 14.2 Å². The molecule has 3 aromatic rings. The predicted molar refractivity (Wildman–Crippen MR) is 136 cm³/mol. The number of hydrogen-bond acceptors (Lipinski definition) is 6. The monoisotopic (exact) mass is 507 g/mol. The maximum atomic E-state index is 13.3. The lowest BCUT2D eigenvalue weighted by Crippen LogP contribution is -2.29. The Labute approximate surface area is 214 Å². The van der Waals surface area contributed by atoms with Crippen molar-refractivity contribution in [3.05, 3.63) is 94.0 Å². The van der Waals surface area contributed by atoms with Gasteiger partial charge in [-0.3, -0.25) is 9.59 Å². The van der Waals surface area contributed by atoms with Crippen molar-refractivity contribution in [2.75, 3.05) is 20.8 Å². The summed E-state index contributed by atoms with van der Waals surface area (Å²) >= 11 is 6.14. The average molecular weight is 508 g/mol. The summed E-state index contributed by atoms with van der Waals surface area (Å²) in [5, 5.41) is 11.7. The molecule has 1 aliphatic heterocycles. The molecular weight excluding hydrogens is 482 g/mol. The molecule has 8 heteroatoms. The molecule has 1 amide bonds. The fraction of sp³-hybridized carbons (Fsp3) is 0.214. The standard InChI is InChI=1S/C28H26ClNO6/c1-4-36-20-12-9-17(10-13-20)25-24(26(31)18-11-14-21(29)23(15-18)35-3)27(32)28(33)30(25)16-19-7-5-6-8-22(19)34-2/h5-15,25,31H,4,16H2,1-3H3/b26-24-. The number of aliphatic hydroxyl groups is 1. The van der Waals surface area contributed by atoms with Gasteiger partial charge in [0, 0.05) is 11.1 Å². The molecule has 1 atom stereocenters. The number of Topliss-reactive ketones (excluding diaryl/α,β-unsaturated/α-hetero) is 1. The van der Waals surface area contributed by atoms with Gasteiger partial charge in [-0.2, -0.15) is 0 Å². The molecule has 1 unspecified atom stereocenters. The molecule has 3 aromatic carbocycles. The van der Waals surface area contributed by atoms with E-state index < -0.39 is 17.7 Å². The van der Waals surface area contributed by atoms with Gasteiger partial charge in [0.25, 0.3) is 11.7 Å². The molecule has 0 radical (unpaired) electrons. The summed E-state index contributed by atoms with van der Waals surface area (Å²) in [6.45, 7) is 2.49. The third-order valence-corrected chi connectivity index (χ3v) is 6.32. The Morgan fingerprint density at radius 1 is 0.972 bits per heavy atom. The summed E-state index contributed by atoms with van der Waals surface area (Å²) in [5.74, 6) is -0.235. The van der Waals surface area contributed by atoms with Gasteiger partial charge in [0.15, 0.2) is 0 Å². The van der Waals surface area contributed by atoms with Crippen LogP contribution in [-0.2, 0) is 16.1 Å². The van der Waals surface area contributed by atoms with Gasteiger partial charge in [-0.15, -0.1) is 0 Å². The Bertz CT molecular complexity index is 1320. The Balaban J connectivity index is 1.86. The lowest BCUT2D eigenvalue weighted by atomic mass is 9.95. The maximum absolute atomic E-state index is 13.3. The van der Waals surface area contributed by atoms with Gasteiger partial charge in [-0.1, -0.05) is 41.9 Å². The molecule has 1 saturated heterocycles. The molecular formula is C28H26ClNO6. The highest BCUT2D eigenvalue weighted by molar-refractivity contribution is 6.46. The second-order valence-corrected chi connectivity index (χ2v) is 8.50. The molecule has 0 aliphatic carbocycles. The van der Waals surface area contributed by atoms with Crippen LogP contribution >= 0.6 is 11.6 Å². The normalized spacial score (nSPS) is 16.8. The molecule has 1 aliphatic rings. The molecule has 1 fully saturated rings. The van der Waals surface area contributed by atoms with E-state index in [9.17, 15) is 14.7 Å². The van der Waals surface area contributed by atoms with E-state index in [1.54, 1.807) is 49.6 Å². The van der Waals surface area contributed by atoms with E-state index in [1.807, 2.05) is 25.1 Å². The van der Waals surface area contributed by atoms with Crippen molar-refractivity contribution in [2.24, 2.45) is 0 Å². The summed E-state index contributed by atoms with van der Waals surface area (Å²) in [6, 6.07) is 18.2. The van der Waals surface area contributed by atoms with Crippen LogP contribution in [0, 0.1) is 0 Å². The topological polar surface area (TPSA) is 85.3 Å². The van der Waals surface area contributed by atoms with Crippen LogP contribution in [0.25, 0.3) is 5.76 Å². The summed E-state index contributed by atoms with van der Waals surface area (Å²) in [7, 11) is 3.00. The lowest BCUT2D eigenvalue weighted by Gasteiger charge is -2.26. The van der Waals surface area contributed by atoms with E-state index in [4.69, 9.17) is 25.8 Å². The minimum absolute atomic E-state index is 0.0246. The van der Waals surface area contributed by atoms with Gasteiger partial charge in [-0.05, 0) is 48.9 Å². The van der Waals surface area contributed by atoms with Gasteiger partial charge in [0.1, 0.15) is 23.0 Å². The van der Waals surface area contributed by atoms with Crippen molar-refractivity contribution < 1.29 is 28.9 Å². The first-order valence-corrected chi connectivity index (χ1v) is 11.7. The summed E-state index contributed by atoms with van der Waals surface area (Å²) in [5.41, 5.74) is 1.66. The van der Waals surface area contributed by atoms with Crippen molar-refractivity contribution in [1.29, 1.82) is 0 Å². The predicted octanol–water partition coefficient (Wildman–Crippen LogP) is 5.38. The Morgan fingerprint density at radius 2 is 1.67 bits per heavy atom. The first-order valence-electron chi connectivity index (χ1n) is 11.4. The quantitative estimate of drug-likeness (QED) is 0.250. The largest absolute Gasteiger partial charge is 0.507 e. The summed E-state index contributed by atoms with van der Waals surface area (Å²) in [6.07, 6.45) is 0. The average Bonchev–Trinajstić information content (AvgIpc) is 3.14. The number of rotatable bonds is 8. The van der Waals surface area contributed by atoms with Crippen LogP contribution in [0.5, 0.6) is 17.2 Å². The minimum atomic E-state index is -0.840. The minimum Gasteiger partial charge on any atom is -0.507 e. The van der Waals surface area contributed by atoms with Crippen LogP contribution in [0.3, 0.4) is 0 Å². The van der Waals surface area contributed by atoms with E-state index in [0.29, 0.717) is 40.0 Å². The van der Waals surface area contributed by atoms with Crippen LogP contribution in [-0.4, -0.2) is 42.5 Å². The molecule has 0 aromatic heterocycles. The molecule has 0 spiro atoms. The molecule has 0 bridgehead atoms. The zero-order valence-electron chi connectivity index (χ0n) is 20.2. The zero-order valence-corrected chi connectivity index (χ0v) is 20.9. The number of methoxy groups -OCH3 is 2. The van der Waals surface area contributed by atoms with Crippen LogP contribution in [0.4, 0.5) is 0 Å². The highest BCUT2D eigenvalue weighted by Gasteiger charge is 2.46. The third-order valence-electron chi connectivity index (χ3n) is 6.00. The highest BCUT2D eigenvalue weighted by atomic mass is 35.5. The van der Waals surface area contributed by atoms with Crippen LogP contribution in [0.2, 0.25) is 5.02 Å². The molecule has 36 heavy (non-hydrogen) atoms. The number of hydrogen-bond donors (Lipinski definition) is 1. The number of para-hydroxylation sites is 1. The van der Waals surface area contributed by atoms with Crippen molar-refractivity contribution in [3.8, 4) is 17.2 Å². The molecule has 186 valence electrons. The molecule has 7 nitrogen and oxygen atoms in total. The number of benzene rings is 3. The molecule has 1 N–H and O–H groups in total. The molecule has 1 heterocycles. The number of ether oxygens (including phenoxy) is 3. The second kappa shape index (κ2) is 10.7. The Kier molecular flexibility index (Phi) is 7.50. The van der Waals surface area contributed by atoms with E-state index in [1.165, 1.54) is 18.1 Å². The molecule has 4 rings (SSSR count). The van der Waals surface area contributed by atoms with Crippen LogP contribution in [0.15, 0.2) is 72.3 Å². The van der Waals surface area contributed by atoms with Crippen molar-refractivity contribution in [2.45, 2.75) is 19.5 Å². The van der Waals surface area contributed by atoms with E-state index in [0.717, 1.165) is 5.56 Å². The number of carbonyl (C=O) groups excluding carboxylic acids is 2. The summed E-state index contributed by atoms with van der Waals surface area (Å²) < 4.78 is 16.3. The van der Waals surface area contributed by atoms with E-state index in [-0.39, 0.29) is 17.9 Å². The van der Waals surface area contributed by atoms with E-state index >= 15 is 0 Å². The number of amides is 1. The fourth-order valence-corrected chi connectivity index (χ4v) is 4.48. The Hall–Kier alpha value is -3.97. The Morgan fingerprint density at radius 3 is 2.33 bits per heavy atom. The van der Waals surface area contributed by atoms with Gasteiger partial charge in [-0.25, -0.2) is 0 Å². The van der Waals surface area contributed by atoms with Crippen molar-refractivity contribution >= 4 is 29.1 Å². The molecule has 0 saturated carbocycles. The van der Waals surface area contributed by atoms with Crippen LogP contribution in [0.1, 0.15) is 29.7 Å². The smallest absolute Gasteiger partial charge is 0.295 e.